The average Bonchev–Trinajstić information content (AvgIpc) is 3.25. The molecule has 0 saturated heterocycles. The fourth-order valence-electron chi connectivity index (χ4n) is 3.91. The number of hydrogen-bond donors (Lipinski definition) is 1. The van der Waals surface area contributed by atoms with Crippen molar-refractivity contribution in [2.45, 2.75) is 32.0 Å². The van der Waals surface area contributed by atoms with Crippen LogP contribution in [-0.4, -0.2) is 36.8 Å². The summed E-state index contributed by atoms with van der Waals surface area (Å²) in [4.78, 5) is 24.9. The molecule has 3 aromatic heterocycles. The highest BCUT2D eigenvalue weighted by molar-refractivity contribution is 14.1. The average molecular weight is 600 g/mol. The van der Waals surface area contributed by atoms with Crippen molar-refractivity contribution in [2.24, 2.45) is 0 Å². The number of carbonyl (C=O) groups excluding carboxylic acids is 1. The van der Waals surface area contributed by atoms with E-state index in [0.29, 0.717) is 5.56 Å². The number of aryl methyl sites for hydroxylation is 1. The summed E-state index contributed by atoms with van der Waals surface area (Å²) in [6.07, 6.45) is -4.88. The molecule has 0 spiro atoms. The highest BCUT2D eigenvalue weighted by Crippen LogP contribution is 2.49. The summed E-state index contributed by atoms with van der Waals surface area (Å²) >= 11 is 1.60. The molecule has 13 heteroatoms. The minimum atomic E-state index is -4.88. The number of benzene rings is 1. The topological polar surface area (TPSA) is 85.6 Å². The number of aromatic nitrogens is 5. The third kappa shape index (κ3) is 3.54. The van der Waals surface area contributed by atoms with Crippen LogP contribution in [0.5, 0.6) is 0 Å². The molecule has 0 radical (unpaired) electrons. The second-order valence-electron chi connectivity index (χ2n) is 8.16. The quantitative estimate of drug-likeness (QED) is 0.206. The number of fused-ring (bicyclic) bond motifs is 2. The van der Waals surface area contributed by atoms with Gasteiger partial charge in [0.2, 0.25) is 5.91 Å². The predicted molar refractivity (Wildman–Crippen MR) is 124 cm³/mol. The van der Waals surface area contributed by atoms with Gasteiger partial charge < -0.3 is 5.32 Å². The Bertz CT molecular complexity index is 1540. The van der Waals surface area contributed by atoms with E-state index < -0.39 is 34.7 Å². The SMILES string of the molecule is Cc1nc2c(cc1F)c(-c1nc(I)c3c(n1)NC(=O)C3(C)C(F)(F)F)nn2Cc1ccccc1F. The molecule has 7 nitrogen and oxygen atoms in total. The molecule has 1 aromatic carbocycles. The molecule has 5 rings (SSSR count). The van der Waals surface area contributed by atoms with Gasteiger partial charge in [0.1, 0.15) is 26.8 Å². The van der Waals surface area contributed by atoms with Crippen molar-refractivity contribution in [2.75, 3.05) is 5.32 Å². The summed E-state index contributed by atoms with van der Waals surface area (Å²) in [5, 5.41) is 6.77. The van der Waals surface area contributed by atoms with Gasteiger partial charge in [-0.05, 0) is 48.6 Å². The van der Waals surface area contributed by atoms with Crippen LogP contribution >= 0.6 is 22.6 Å². The molecule has 1 aliphatic rings. The van der Waals surface area contributed by atoms with Crippen LogP contribution in [0.2, 0.25) is 0 Å². The summed E-state index contributed by atoms with van der Waals surface area (Å²) < 4.78 is 71.3. The molecular formula is C22H14F5IN6O. The number of nitrogens with one attached hydrogen (secondary N) is 1. The van der Waals surface area contributed by atoms with E-state index in [-0.39, 0.29) is 44.3 Å². The first-order valence-corrected chi connectivity index (χ1v) is 11.2. The number of pyridine rings is 1. The molecule has 1 aliphatic heterocycles. The van der Waals surface area contributed by atoms with Gasteiger partial charge in [0.15, 0.2) is 16.9 Å². The molecule has 1 unspecified atom stereocenters. The van der Waals surface area contributed by atoms with Gasteiger partial charge >= 0.3 is 6.18 Å². The summed E-state index contributed by atoms with van der Waals surface area (Å²) in [5.41, 5.74) is -2.60. The first-order chi connectivity index (χ1) is 16.4. The van der Waals surface area contributed by atoms with E-state index in [1.165, 1.54) is 29.8 Å². The number of anilines is 1. The van der Waals surface area contributed by atoms with Crippen molar-refractivity contribution >= 4 is 45.3 Å². The molecule has 0 bridgehead atoms. The maximum absolute atomic E-state index is 14.4. The van der Waals surface area contributed by atoms with Crippen LogP contribution < -0.4 is 5.32 Å². The molecule has 180 valence electrons. The van der Waals surface area contributed by atoms with Gasteiger partial charge in [-0.1, -0.05) is 18.2 Å². The fraction of sp³-hybridized carbons (Fsp3) is 0.227. The molecule has 0 saturated carbocycles. The zero-order chi connectivity index (χ0) is 25.3. The van der Waals surface area contributed by atoms with Gasteiger partial charge in [-0.15, -0.1) is 0 Å². The maximum Gasteiger partial charge on any atom is 0.407 e. The number of nitrogens with zero attached hydrogens (tertiary/aromatic N) is 5. The van der Waals surface area contributed by atoms with E-state index in [2.05, 4.69) is 25.4 Å². The van der Waals surface area contributed by atoms with E-state index in [9.17, 15) is 26.7 Å². The Labute approximate surface area is 207 Å². The van der Waals surface area contributed by atoms with Crippen molar-refractivity contribution in [1.82, 2.24) is 24.7 Å². The molecule has 1 atom stereocenters. The van der Waals surface area contributed by atoms with Crippen LogP contribution in [0.25, 0.3) is 22.6 Å². The highest BCUT2D eigenvalue weighted by Gasteiger charge is 2.63. The summed E-state index contributed by atoms with van der Waals surface area (Å²) in [6.45, 7) is 2.17. The van der Waals surface area contributed by atoms with Crippen molar-refractivity contribution in [3.8, 4) is 11.5 Å². The normalized spacial score (nSPS) is 17.7. The molecule has 35 heavy (non-hydrogen) atoms. The van der Waals surface area contributed by atoms with E-state index >= 15 is 0 Å². The lowest BCUT2D eigenvalue weighted by Crippen LogP contribution is -2.45. The third-order valence-electron chi connectivity index (χ3n) is 5.96. The minimum absolute atomic E-state index is 0.0262. The Balaban J connectivity index is 1.71. The minimum Gasteiger partial charge on any atom is -0.309 e. The van der Waals surface area contributed by atoms with Crippen LogP contribution in [0, 0.1) is 22.3 Å². The van der Waals surface area contributed by atoms with Crippen molar-refractivity contribution in [3.05, 3.63) is 62.5 Å². The van der Waals surface area contributed by atoms with Gasteiger partial charge in [0.25, 0.3) is 0 Å². The number of alkyl halides is 3. The largest absolute Gasteiger partial charge is 0.407 e. The number of rotatable bonds is 3. The molecule has 1 N–H and O–H groups in total. The number of carbonyl (C=O) groups is 1. The smallest absolute Gasteiger partial charge is 0.309 e. The van der Waals surface area contributed by atoms with Crippen LogP contribution in [0.4, 0.5) is 27.8 Å². The molecule has 0 fully saturated rings. The Morgan fingerprint density at radius 3 is 2.51 bits per heavy atom. The fourth-order valence-corrected chi connectivity index (χ4v) is 4.94. The standard InChI is InChI=1S/C22H14F5IN6O/c1-9-13(24)7-11-15(33-34(19(11)29-9)8-10-5-3-4-6-12(10)23)18-30-16(28)14-17(31-18)32-20(35)21(14,2)22(25,26)27/h3-7H,8H2,1-2H3,(H,30,31,32,35). The van der Waals surface area contributed by atoms with Crippen LogP contribution in [0.3, 0.4) is 0 Å². The zero-order valence-electron chi connectivity index (χ0n) is 18.0. The Morgan fingerprint density at radius 2 is 1.83 bits per heavy atom. The van der Waals surface area contributed by atoms with Crippen molar-refractivity contribution in [3.63, 3.8) is 0 Å². The summed E-state index contributed by atoms with van der Waals surface area (Å²) in [6, 6.07) is 7.19. The van der Waals surface area contributed by atoms with Crippen LogP contribution in [0.1, 0.15) is 23.7 Å². The van der Waals surface area contributed by atoms with E-state index in [0.717, 1.165) is 6.92 Å². The maximum atomic E-state index is 14.4. The summed E-state index contributed by atoms with van der Waals surface area (Å²) in [7, 11) is 0. The molecule has 1 amide bonds. The van der Waals surface area contributed by atoms with Gasteiger partial charge in [0, 0.05) is 5.56 Å². The highest BCUT2D eigenvalue weighted by atomic mass is 127. The van der Waals surface area contributed by atoms with E-state index in [4.69, 9.17) is 0 Å². The first kappa shape index (κ1) is 23.5. The van der Waals surface area contributed by atoms with Crippen LogP contribution in [-0.2, 0) is 16.8 Å². The first-order valence-electron chi connectivity index (χ1n) is 10.2. The van der Waals surface area contributed by atoms with E-state index in [1.54, 1.807) is 34.7 Å². The number of amides is 1. The Kier molecular flexibility index (Phi) is 5.30. The molecular weight excluding hydrogens is 586 g/mol. The van der Waals surface area contributed by atoms with Crippen molar-refractivity contribution < 1.29 is 26.7 Å². The van der Waals surface area contributed by atoms with Gasteiger partial charge in [-0.2, -0.15) is 18.3 Å². The lowest BCUT2D eigenvalue weighted by molar-refractivity contribution is -0.186. The molecule has 4 aromatic rings. The zero-order valence-corrected chi connectivity index (χ0v) is 20.2. The van der Waals surface area contributed by atoms with Gasteiger partial charge in [-0.25, -0.2) is 28.4 Å². The third-order valence-corrected chi connectivity index (χ3v) is 6.74. The monoisotopic (exact) mass is 600 g/mol. The van der Waals surface area contributed by atoms with Gasteiger partial charge in [-0.3, -0.25) is 4.79 Å². The van der Waals surface area contributed by atoms with E-state index in [1.807, 2.05) is 0 Å². The lowest BCUT2D eigenvalue weighted by atomic mass is 9.84. The molecule has 4 heterocycles. The summed E-state index contributed by atoms with van der Waals surface area (Å²) in [5.74, 6) is -2.83. The van der Waals surface area contributed by atoms with Crippen molar-refractivity contribution in [1.29, 1.82) is 0 Å². The predicted octanol–water partition coefficient (Wildman–Crippen LogP) is 4.90. The Hall–Kier alpha value is -3.23. The number of halogens is 6. The van der Waals surface area contributed by atoms with Crippen LogP contribution in [0.15, 0.2) is 30.3 Å². The second-order valence-corrected chi connectivity index (χ2v) is 9.18. The van der Waals surface area contributed by atoms with Gasteiger partial charge in [0.05, 0.1) is 23.2 Å². The lowest BCUT2D eigenvalue weighted by Gasteiger charge is -2.25. The second kappa shape index (κ2) is 7.90. The molecule has 0 aliphatic carbocycles. The number of hydrogen-bond acceptors (Lipinski definition) is 5. The Morgan fingerprint density at radius 1 is 1.11 bits per heavy atom.